The van der Waals surface area contributed by atoms with Crippen LogP contribution in [0.15, 0.2) is 35.4 Å². The van der Waals surface area contributed by atoms with Gasteiger partial charge in [0.25, 0.3) is 6.47 Å². The van der Waals surface area contributed by atoms with Crippen molar-refractivity contribution in [2.45, 2.75) is 45.3 Å². The fraction of sp³-hybridized carbons (Fsp3) is 0.409. The number of nitrogens with two attached hydrogens (primary N) is 1. The first-order valence-corrected chi connectivity index (χ1v) is 10.3. The molecule has 10 heteroatoms. The highest BCUT2D eigenvalue weighted by atomic mass is 16.5. The van der Waals surface area contributed by atoms with Crippen molar-refractivity contribution in [1.82, 2.24) is 24.4 Å². The van der Waals surface area contributed by atoms with Crippen molar-refractivity contribution in [2.24, 2.45) is 0 Å². The van der Waals surface area contributed by atoms with Crippen LogP contribution < -0.4 is 16.7 Å². The Balaban J connectivity index is 0.000000360. The molecule has 0 amide bonds. The van der Waals surface area contributed by atoms with Gasteiger partial charge in [0.2, 0.25) is 0 Å². The topological polar surface area (TPSA) is 141 Å². The second-order valence-electron chi connectivity index (χ2n) is 8.40. The average molecular weight is 438 g/mol. The van der Waals surface area contributed by atoms with Crippen molar-refractivity contribution in [2.75, 3.05) is 18.8 Å². The number of fused-ring (bicyclic) bond motifs is 1. The molecule has 4 rings (SSSR count). The molecule has 1 aliphatic rings. The number of hydrogen-bond donors (Lipinski definition) is 2. The van der Waals surface area contributed by atoms with E-state index in [9.17, 15) is 9.59 Å². The third-order valence-corrected chi connectivity index (χ3v) is 4.97. The number of nitrogens with one attached hydrogen (secondary N) is 1. The summed E-state index contributed by atoms with van der Waals surface area (Å²) >= 11 is 0. The van der Waals surface area contributed by atoms with Crippen LogP contribution in [0.25, 0.3) is 16.9 Å². The molecule has 1 atom stereocenters. The van der Waals surface area contributed by atoms with Crippen LogP contribution in [-0.4, -0.2) is 44.3 Å². The van der Waals surface area contributed by atoms with E-state index in [1.54, 1.807) is 28.8 Å². The van der Waals surface area contributed by atoms with Crippen LogP contribution in [0.2, 0.25) is 0 Å². The highest BCUT2D eigenvalue weighted by molar-refractivity contribution is 5.84. The first kappa shape index (κ1) is 23.0. The zero-order valence-electron chi connectivity index (χ0n) is 18.4. The molecule has 3 aromatic rings. The Hall–Kier alpha value is -3.71. The molecule has 0 bridgehead atoms. The summed E-state index contributed by atoms with van der Waals surface area (Å²) in [6.45, 7) is 7.59. The predicted molar refractivity (Wildman–Crippen MR) is 120 cm³/mol. The van der Waals surface area contributed by atoms with Gasteiger partial charge in [0, 0.05) is 6.54 Å². The van der Waals surface area contributed by atoms with Crippen LogP contribution in [-0.2, 0) is 9.53 Å². The normalized spacial score (nSPS) is 16.0. The number of hydrogen-bond acceptors (Lipinski definition) is 8. The number of nitrogen functional groups attached to an aromatic ring is 1. The van der Waals surface area contributed by atoms with Gasteiger partial charge >= 0.3 is 5.69 Å². The quantitative estimate of drug-likeness (QED) is 0.592. The maximum absolute atomic E-state index is 13.2. The van der Waals surface area contributed by atoms with E-state index in [4.69, 9.17) is 11.0 Å². The zero-order chi connectivity index (χ0) is 23.3. The molecule has 10 nitrogen and oxygen atoms in total. The molecule has 3 N–H and O–H groups in total. The number of benzene rings is 1. The molecule has 32 heavy (non-hydrogen) atoms. The lowest BCUT2D eigenvalue weighted by atomic mass is 10.1. The first-order chi connectivity index (χ1) is 15.3. The smallest absolute Gasteiger partial charge is 0.335 e. The second-order valence-corrected chi connectivity index (χ2v) is 8.40. The predicted octanol–water partition coefficient (Wildman–Crippen LogP) is 1.92. The number of nitrogens with zero attached hydrogens (tertiary/aromatic N) is 5. The molecule has 0 aliphatic carbocycles. The molecule has 1 fully saturated rings. The van der Waals surface area contributed by atoms with Crippen molar-refractivity contribution < 1.29 is 9.53 Å². The van der Waals surface area contributed by atoms with Gasteiger partial charge in [-0.25, -0.2) is 14.8 Å². The van der Waals surface area contributed by atoms with Crippen molar-refractivity contribution >= 4 is 23.5 Å². The van der Waals surface area contributed by atoms with E-state index in [1.807, 2.05) is 20.8 Å². The summed E-state index contributed by atoms with van der Waals surface area (Å²) in [5.41, 5.74) is 7.76. The van der Waals surface area contributed by atoms with Gasteiger partial charge in [0.05, 0.1) is 23.4 Å². The SMILES string of the molecule is CC(C)(C)OC=O.N#Cc1ccc(-n2c(=O)n(C3CCCNC3)c3ncnc(N)c32)cc1. The van der Waals surface area contributed by atoms with E-state index in [-0.39, 0.29) is 23.2 Å². The maximum atomic E-state index is 13.2. The van der Waals surface area contributed by atoms with Gasteiger partial charge in [-0.05, 0) is 64.4 Å². The summed E-state index contributed by atoms with van der Waals surface area (Å²) in [6.07, 6.45) is 3.29. The van der Waals surface area contributed by atoms with Crippen molar-refractivity contribution in [3.63, 3.8) is 0 Å². The number of imidazole rings is 1. The van der Waals surface area contributed by atoms with Gasteiger partial charge < -0.3 is 15.8 Å². The number of piperidine rings is 1. The molecular weight excluding hydrogens is 410 g/mol. The fourth-order valence-corrected chi connectivity index (χ4v) is 3.52. The molecule has 1 saturated heterocycles. The Morgan fingerprint density at radius 2 is 2.00 bits per heavy atom. The molecule has 0 radical (unpaired) electrons. The van der Waals surface area contributed by atoms with Crippen LogP contribution in [0.5, 0.6) is 0 Å². The molecule has 1 aliphatic heterocycles. The summed E-state index contributed by atoms with van der Waals surface area (Å²) in [6, 6.07) is 8.91. The zero-order valence-corrected chi connectivity index (χ0v) is 18.4. The van der Waals surface area contributed by atoms with E-state index in [1.165, 1.54) is 10.9 Å². The third-order valence-electron chi connectivity index (χ3n) is 4.97. The van der Waals surface area contributed by atoms with Gasteiger partial charge in [0.1, 0.15) is 17.4 Å². The fourth-order valence-electron chi connectivity index (χ4n) is 3.52. The van der Waals surface area contributed by atoms with E-state index < -0.39 is 0 Å². The third kappa shape index (κ3) is 4.95. The number of nitriles is 1. The number of rotatable bonds is 3. The largest absolute Gasteiger partial charge is 0.462 e. The van der Waals surface area contributed by atoms with Crippen LogP contribution in [0.3, 0.4) is 0 Å². The minimum Gasteiger partial charge on any atom is -0.462 e. The minimum atomic E-state index is -0.318. The molecule has 0 spiro atoms. The number of carbonyl (C=O) groups is 1. The molecule has 0 saturated carbocycles. The standard InChI is InChI=1S/C17H17N7O.C5H10O2/c18-8-11-3-5-12(6-4-11)23-14-15(19)21-10-22-16(14)24(17(23)25)13-2-1-7-20-9-13;1-5(2,3)7-4-6/h3-6,10,13,20H,1-2,7,9H2,(H2,19,21,22);4H,1-3H3. The van der Waals surface area contributed by atoms with E-state index in [0.717, 1.165) is 25.9 Å². The van der Waals surface area contributed by atoms with Crippen molar-refractivity contribution in [3.8, 4) is 11.8 Å². The molecule has 168 valence electrons. The molecule has 1 aromatic carbocycles. The number of aromatic nitrogens is 4. The lowest BCUT2D eigenvalue weighted by Crippen LogP contribution is -2.36. The summed E-state index contributed by atoms with van der Waals surface area (Å²) in [5, 5.41) is 12.3. The summed E-state index contributed by atoms with van der Waals surface area (Å²) < 4.78 is 7.78. The molecule has 1 unspecified atom stereocenters. The van der Waals surface area contributed by atoms with Gasteiger partial charge in [-0.3, -0.25) is 13.9 Å². The van der Waals surface area contributed by atoms with Crippen LogP contribution in [0, 0.1) is 11.3 Å². The monoisotopic (exact) mass is 437 g/mol. The summed E-state index contributed by atoms with van der Waals surface area (Å²) in [7, 11) is 0. The molecular formula is C22H27N7O3. The van der Waals surface area contributed by atoms with E-state index in [0.29, 0.717) is 28.9 Å². The van der Waals surface area contributed by atoms with Gasteiger partial charge in [-0.15, -0.1) is 0 Å². The van der Waals surface area contributed by atoms with Crippen molar-refractivity contribution in [3.05, 3.63) is 46.6 Å². The second kappa shape index (κ2) is 9.62. The minimum absolute atomic E-state index is 0.0256. The summed E-state index contributed by atoms with van der Waals surface area (Å²) in [4.78, 5) is 31.2. The highest BCUT2D eigenvalue weighted by Crippen LogP contribution is 2.25. The Morgan fingerprint density at radius 1 is 1.28 bits per heavy atom. The number of ether oxygens (including phenoxy) is 1. The van der Waals surface area contributed by atoms with Crippen LogP contribution >= 0.6 is 0 Å². The Bertz CT molecular complexity index is 1180. The number of anilines is 1. The van der Waals surface area contributed by atoms with Gasteiger partial charge in [0.15, 0.2) is 11.5 Å². The Kier molecular flexibility index (Phi) is 6.90. The lowest BCUT2D eigenvalue weighted by Gasteiger charge is -2.23. The molecule has 2 aromatic heterocycles. The van der Waals surface area contributed by atoms with Crippen LogP contribution in [0.4, 0.5) is 5.82 Å². The average Bonchev–Trinajstić information content (AvgIpc) is 3.07. The Morgan fingerprint density at radius 3 is 2.53 bits per heavy atom. The maximum Gasteiger partial charge on any atom is 0.335 e. The number of carbonyl (C=O) groups excluding carboxylic acids is 1. The van der Waals surface area contributed by atoms with E-state index in [2.05, 4.69) is 26.1 Å². The Labute approximate surface area is 185 Å². The highest BCUT2D eigenvalue weighted by Gasteiger charge is 2.25. The lowest BCUT2D eigenvalue weighted by molar-refractivity contribution is -0.138. The van der Waals surface area contributed by atoms with Gasteiger partial charge in [-0.1, -0.05) is 0 Å². The van der Waals surface area contributed by atoms with Crippen LogP contribution in [0.1, 0.15) is 45.2 Å². The summed E-state index contributed by atoms with van der Waals surface area (Å²) in [5.74, 6) is 0.258. The molecule has 3 heterocycles. The van der Waals surface area contributed by atoms with Gasteiger partial charge in [-0.2, -0.15) is 5.26 Å². The first-order valence-electron chi connectivity index (χ1n) is 10.3. The van der Waals surface area contributed by atoms with Crippen molar-refractivity contribution in [1.29, 1.82) is 5.26 Å². The van der Waals surface area contributed by atoms with E-state index >= 15 is 0 Å².